The number of aromatic nitrogens is 1. The number of H-pyrrole nitrogens is 1. The average molecular weight is 507 g/mol. The largest absolute Gasteiger partial charge is 0.416 e. The molecule has 0 amide bonds. The van der Waals surface area contributed by atoms with Crippen LogP contribution in [0.25, 0.3) is 11.3 Å². The Morgan fingerprint density at radius 3 is 2.23 bits per heavy atom. The highest BCUT2D eigenvalue weighted by molar-refractivity contribution is 6.48. The Kier molecular flexibility index (Phi) is 7.94. The van der Waals surface area contributed by atoms with Gasteiger partial charge in [-0.1, -0.05) is 34.8 Å². The zero-order chi connectivity index (χ0) is 21.3. The summed E-state index contributed by atoms with van der Waals surface area (Å²) >= 11 is 18.3. The highest BCUT2D eigenvalue weighted by Gasteiger charge is 2.20. The normalized spacial score (nSPS) is 14.5. The lowest BCUT2D eigenvalue weighted by Gasteiger charge is -2.36. The van der Waals surface area contributed by atoms with Crippen molar-refractivity contribution in [1.82, 2.24) is 9.88 Å². The van der Waals surface area contributed by atoms with E-state index in [4.69, 9.17) is 39.2 Å². The lowest BCUT2D eigenvalue weighted by Crippen LogP contribution is -2.47. The minimum absolute atomic E-state index is 0. The van der Waals surface area contributed by atoms with Gasteiger partial charge in [-0.2, -0.15) is 0 Å². The van der Waals surface area contributed by atoms with Gasteiger partial charge in [0.1, 0.15) is 11.6 Å². The van der Waals surface area contributed by atoms with Gasteiger partial charge in [-0.25, -0.2) is 9.18 Å². The SMILES string of the molecule is Cl.O=c1[nH]c(-c2ccc(F)cc2)c(CCN2CCN(c3cc(Cl)c(Cl)c(Cl)c3)CC2)o1. The first-order chi connectivity index (χ1) is 14.4. The first-order valence-electron chi connectivity index (χ1n) is 9.50. The molecule has 1 saturated heterocycles. The monoisotopic (exact) mass is 505 g/mol. The molecule has 0 aliphatic carbocycles. The topological polar surface area (TPSA) is 52.5 Å². The lowest BCUT2D eigenvalue weighted by molar-refractivity contribution is 0.254. The molecule has 0 atom stereocenters. The maximum atomic E-state index is 13.2. The van der Waals surface area contributed by atoms with E-state index in [1.54, 1.807) is 12.1 Å². The molecule has 31 heavy (non-hydrogen) atoms. The van der Waals surface area contributed by atoms with E-state index in [-0.39, 0.29) is 18.2 Å². The first-order valence-corrected chi connectivity index (χ1v) is 10.6. The molecule has 1 aliphatic rings. The molecule has 1 N–H and O–H groups in total. The quantitative estimate of drug-likeness (QED) is 0.463. The van der Waals surface area contributed by atoms with E-state index in [0.29, 0.717) is 32.9 Å². The Bertz CT molecular complexity index is 1070. The van der Waals surface area contributed by atoms with Gasteiger partial charge in [0, 0.05) is 50.4 Å². The molecule has 0 spiro atoms. The van der Waals surface area contributed by atoms with Crippen LogP contribution in [0.2, 0.25) is 15.1 Å². The third-order valence-electron chi connectivity index (χ3n) is 5.22. The predicted molar refractivity (Wildman–Crippen MR) is 126 cm³/mol. The third-order valence-corrected chi connectivity index (χ3v) is 6.41. The molecule has 5 nitrogen and oxygen atoms in total. The van der Waals surface area contributed by atoms with Crippen LogP contribution in [0.3, 0.4) is 0 Å². The summed E-state index contributed by atoms with van der Waals surface area (Å²) in [5, 5.41) is 1.25. The number of benzene rings is 2. The second kappa shape index (κ2) is 10.3. The van der Waals surface area contributed by atoms with Gasteiger partial charge in [-0.05, 0) is 36.4 Å². The summed E-state index contributed by atoms with van der Waals surface area (Å²) in [7, 11) is 0. The molecule has 3 aromatic rings. The Balaban J connectivity index is 0.00000272. The molecular weight excluding hydrogens is 487 g/mol. The third kappa shape index (κ3) is 5.57. The summed E-state index contributed by atoms with van der Waals surface area (Å²) in [6.07, 6.45) is 0.573. The summed E-state index contributed by atoms with van der Waals surface area (Å²) in [4.78, 5) is 19.0. The Morgan fingerprint density at radius 2 is 1.61 bits per heavy atom. The van der Waals surface area contributed by atoms with Gasteiger partial charge < -0.3 is 9.32 Å². The van der Waals surface area contributed by atoms with Gasteiger partial charge in [-0.15, -0.1) is 12.4 Å². The number of rotatable bonds is 5. The van der Waals surface area contributed by atoms with Crippen LogP contribution in [0, 0.1) is 5.82 Å². The molecule has 0 radical (unpaired) electrons. The summed E-state index contributed by atoms with van der Waals surface area (Å²) in [5.41, 5.74) is 2.27. The van der Waals surface area contributed by atoms with E-state index in [1.165, 1.54) is 12.1 Å². The number of hydrogen-bond acceptors (Lipinski definition) is 4. The molecule has 4 rings (SSSR count). The molecule has 1 fully saturated rings. The summed E-state index contributed by atoms with van der Waals surface area (Å²) < 4.78 is 18.5. The van der Waals surface area contributed by atoms with Gasteiger partial charge in [0.15, 0.2) is 0 Å². The zero-order valence-electron chi connectivity index (χ0n) is 16.3. The molecule has 0 bridgehead atoms. The number of piperazine rings is 1. The van der Waals surface area contributed by atoms with Crippen molar-refractivity contribution < 1.29 is 8.81 Å². The van der Waals surface area contributed by atoms with Gasteiger partial charge >= 0.3 is 5.76 Å². The number of hydrogen-bond donors (Lipinski definition) is 1. The maximum Gasteiger partial charge on any atom is 0.416 e. The van der Waals surface area contributed by atoms with Crippen LogP contribution in [0.4, 0.5) is 10.1 Å². The van der Waals surface area contributed by atoms with E-state index < -0.39 is 5.76 Å². The number of aromatic amines is 1. The Hall–Kier alpha value is -1.70. The van der Waals surface area contributed by atoms with Gasteiger partial charge in [0.25, 0.3) is 0 Å². The van der Waals surface area contributed by atoms with Crippen LogP contribution in [0.5, 0.6) is 0 Å². The molecular formula is C21H20Cl4FN3O2. The van der Waals surface area contributed by atoms with Crippen LogP contribution in [-0.2, 0) is 6.42 Å². The van der Waals surface area contributed by atoms with Crippen molar-refractivity contribution in [2.75, 3.05) is 37.6 Å². The lowest BCUT2D eigenvalue weighted by atomic mass is 10.1. The molecule has 0 unspecified atom stereocenters. The van der Waals surface area contributed by atoms with Crippen molar-refractivity contribution in [1.29, 1.82) is 0 Å². The second-order valence-electron chi connectivity index (χ2n) is 7.12. The van der Waals surface area contributed by atoms with E-state index in [9.17, 15) is 9.18 Å². The average Bonchev–Trinajstić information content (AvgIpc) is 3.11. The maximum absolute atomic E-state index is 13.2. The van der Waals surface area contributed by atoms with E-state index >= 15 is 0 Å². The van der Waals surface area contributed by atoms with Crippen LogP contribution in [0.15, 0.2) is 45.6 Å². The fourth-order valence-corrected chi connectivity index (χ4v) is 4.18. The fraction of sp³-hybridized carbons (Fsp3) is 0.286. The van der Waals surface area contributed by atoms with Crippen molar-refractivity contribution in [3.63, 3.8) is 0 Å². The molecule has 1 aromatic heterocycles. The van der Waals surface area contributed by atoms with Gasteiger partial charge in [0.05, 0.1) is 20.8 Å². The highest BCUT2D eigenvalue weighted by Crippen LogP contribution is 2.34. The van der Waals surface area contributed by atoms with Crippen molar-refractivity contribution in [2.24, 2.45) is 0 Å². The van der Waals surface area contributed by atoms with E-state index in [2.05, 4.69) is 14.8 Å². The molecule has 2 heterocycles. The fourth-order valence-electron chi connectivity index (χ4n) is 3.60. The number of anilines is 1. The Morgan fingerprint density at radius 1 is 1.00 bits per heavy atom. The number of nitrogens with one attached hydrogen (secondary N) is 1. The smallest absolute Gasteiger partial charge is 0.412 e. The Labute approximate surface area is 200 Å². The summed E-state index contributed by atoms with van der Waals surface area (Å²) in [6.45, 7) is 4.06. The number of oxazole rings is 1. The standard InChI is InChI=1S/C21H19Cl3FN3O2.ClH/c22-16-11-15(12-17(23)19(16)24)28-9-7-27(8-10-28)6-5-18-20(26-21(29)30-18)13-1-3-14(25)4-2-13;/h1-4,11-12H,5-10H2,(H,26,29);1H. The van der Waals surface area contributed by atoms with E-state index in [0.717, 1.165) is 44.0 Å². The van der Waals surface area contributed by atoms with Crippen molar-refractivity contribution >= 4 is 52.9 Å². The minimum Gasteiger partial charge on any atom is -0.412 e. The molecule has 2 aromatic carbocycles. The first kappa shape index (κ1) is 24.0. The zero-order valence-corrected chi connectivity index (χ0v) is 19.4. The predicted octanol–water partition coefficient (Wildman–Crippen LogP) is 5.52. The van der Waals surface area contributed by atoms with Crippen molar-refractivity contribution in [3.05, 3.63) is 73.6 Å². The van der Waals surface area contributed by atoms with Gasteiger partial charge in [0.2, 0.25) is 0 Å². The number of nitrogens with zero attached hydrogens (tertiary/aromatic N) is 2. The van der Waals surface area contributed by atoms with Crippen molar-refractivity contribution in [3.8, 4) is 11.3 Å². The van der Waals surface area contributed by atoms with Crippen LogP contribution in [0.1, 0.15) is 5.76 Å². The summed E-state index contributed by atoms with van der Waals surface area (Å²) in [6, 6.07) is 9.63. The van der Waals surface area contributed by atoms with Crippen LogP contribution >= 0.6 is 47.2 Å². The second-order valence-corrected chi connectivity index (χ2v) is 8.31. The highest BCUT2D eigenvalue weighted by atomic mass is 35.5. The van der Waals surface area contributed by atoms with Crippen LogP contribution < -0.4 is 10.7 Å². The van der Waals surface area contributed by atoms with E-state index in [1.807, 2.05) is 12.1 Å². The number of halogens is 5. The van der Waals surface area contributed by atoms with Crippen molar-refractivity contribution in [2.45, 2.75) is 6.42 Å². The van der Waals surface area contributed by atoms with Crippen LogP contribution in [-0.4, -0.2) is 42.6 Å². The van der Waals surface area contributed by atoms with Gasteiger partial charge in [-0.3, -0.25) is 9.88 Å². The molecule has 0 saturated carbocycles. The molecule has 10 heteroatoms. The molecule has 1 aliphatic heterocycles. The molecule has 166 valence electrons. The summed E-state index contributed by atoms with van der Waals surface area (Å²) in [5.74, 6) is -0.261. The minimum atomic E-state index is -0.509.